The summed E-state index contributed by atoms with van der Waals surface area (Å²) < 4.78 is 31.9. The summed E-state index contributed by atoms with van der Waals surface area (Å²) in [6.07, 6.45) is -0.106. The highest BCUT2D eigenvalue weighted by molar-refractivity contribution is 9.10. The second-order valence-electron chi connectivity index (χ2n) is 3.90. The molecule has 0 aliphatic heterocycles. The first-order valence-corrected chi connectivity index (χ1v) is 6.35. The number of methoxy groups -OCH3 is 1. The SMILES string of the molecule is COCC(O)CCNCc1c(F)ccc(Br)c1F. The van der Waals surface area contributed by atoms with Crippen LogP contribution in [0.15, 0.2) is 16.6 Å². The largest absolute Gasteiger partial charge is 0.391 e. The van der Waals surface area contributed by atoms with E-state index in [0.717, 1.165) is 0 Å². The third-order valence-electron chi connectivity index (χ3n) is 2.45. The van der Waals surface area contributed by atoms with E-state index in [1.165, 1.54) is 19.2 Å². The lowest BCUT2D eigenvalue weighted by molar-refractivity contribution is 0.0594. The number of hydrogen-bond donors (Lipinski definition) is 2. The number of aliphatic hydroxyl groups is 1. The molecule has 1 atom stereocenters. The summed E-state index contributed by atoms with van der Waals surface area (Å²) in [7, 11) is 1.50. The lowest BCUT2D eigenvalue weighted by Gasteiger charge is -2.11. The molecule has 1 rings (SSSR count). The van der Waals surface area contributed by atoms with Gasteiger partial charge in [0.1, 0.15) is 11.6 Å². The van der Waals surface area contributed by atoms with E-state index in [0.29, 0.717) is 13.0 Å². The van der Waals surface area contributed by atoms with Gasteiger partial charge in [0.2, 0.25) is 0 Å². The maximum Gasteiger partial charge on any atom is 0.144 e. The average molecular weight is 324 g/mol. The van der Waals surface area contributed by atoms with Crippen molar-refractivity contribution in [2.45, 2.75) is 19.1 Å². The van der Waals surface area contributed by atoms with Gasteiger partial charge in [-0.05, 0) is 41.0 Å². The summed E-state index contributed by atoms with van der Waals surface area (Å²) >= 11 is 3.01. The molecule has 0 saturated carbocycles. The van der Waals surface area contributed by atoms with Gasteiger partial charge in [0.15, 0.2) is 0 Å². The van der Waals surface area contributed by atoms with Crippen molar-refractivity contribution >= 4 is 15.9 Å². The first-order valence-electron chi connectivity index (χ1n) is 5.56. The second kappa shape index (κ2) is 7.78. The van der Waals surface area contributed by atoms with Gasteiger partial charge < -0.3 is 15.2 Å². The Morgan fingerprint density at radius 2 is 2.17 bits per heavy atom. The van der Waals surface area contributed by atoms with Crippen LogP contribution in [-0.4, -0.2) is 31.5 Å². The molecule has 0 spiro atoms. The number of benzene rings is 1. The Morgan fingerprint density at radius 1 is 1.44 bits per heavy atom. The van der Waals surface area contributed by atoms with Crippen molar-refractivity contribution in [2.75, 3.05) is 20.3 Å². The van der Waals surface area contributed by atoms with Gasteiger partial charge in [-0.25, -0.2) is 8.78 Å². The predicted molar refractivity (Wildman–Crippen MR) is 68.3 cm³/mol. The normalized spacial score (nSPS) is 12.7. The van der Waals surface area contributed by atoms with Crippen LogP contribution in [0.25, 0.3) is 0 Å². The summed E-state index contributed by atoms with van der Waals surface area (Å²) in [5.41, 5.74) is -0.00870. The lowest BCUT2D eigenvalue weighted by Crippen LogP contribution is -2.23. The Bertz CT molecular complexity index is 391. The van der Waals surface area contributed by atoms with Crippen molar-refractivity contribution in [3.63, 3.8) is 0 Å². The molecule has 0 aliphatic carbocycles. The summed E-state index contributed by atoms with van der Waals surface area (Å²) in [5, 5.41) is 12.3. The third-order valence-corrected chi connectivity index (χ3v) is 3.07. The minimum Gasteiger partial charge on any atom is -0.391 e. The standard InChI is InChI=1S/C12H16BrF2NO2/c1-18-7-8(17)4-5-16-6-9-11(14)3-2-10(13)12(9)15/h2-3,8,16-17H,4-7H2,1H3. The maximum absolute atomic E-state index is 13.6. The first kappa shape index (κ1) is 15.5. The fourth-order valence-electron chi connectivity index (χ4n) is 1.49. The monoisotopic (exact) mass is 323 g/mol. The summed E-state index contributed by atoms with van der Waals surface area (Å²) in [4.78, 5) is 0. The smallest absolute Gasteiger partial charge is 0.144 e. The van der Waals surface area contributed by atoms with Gasteiger partial charge in [0, 0.05) is 19.2 Å². The molecule has 0 aromatic heterocycles. The van der Waals surface area contributed by atoms with Crippen molar-refractivity contribution < 1.29 is 18.6 Å². The molecule has 0 aliphatic rings. The van der Waals surface area contributed by atoms with Crippen LogP contribution < -0.4 is 5.32 Å². The fraction of sp³-hybridized carbons (Fsp3) is 0.500. The van der Waals surface area contributed by atoms with Gasteiger partial charge >= 0.3 is 0 Å². The highest BCUT2D eigenvalue weighted by Gasteiger charge is 2.11. The van der Waals surface area contributed by atoms with Crippen molar-refractivity contribution in [2.24, 2.45) is 0 Å². The Kier molecular flexibility index (Phi) is 6.70. The number of rotatable bonds is 7. The maximum atomic E-state index is 13.6. The minimum atomic E-state index is -0.597. The van der Waals surface area contributed by atoms with Gasteiger partial charge in [-0.2, -0.15) is 0 Å². The van der Waals surface area contributed by atoms with Gasteiger partial charge in [-0.3, -0.25) is 0 Å². The molecule has 6 heteroatoms. The van der Waals surface area contributed by atoms with E-state index in [1.54, 1.807) is 0 Å². The van der Waals surface area contributed by atoms with Crippen LogP contribution in [0, 0.1) is 11.6 Å². The van der Waals surface area contributed by atoms with Gasteiger partial charge in [-0.1, -0.05) is 0 Å². The molecule has 0 bridgehead atoms. The predicted octanol–water partition coefficient (Wildman–Crippen LogP) is 2.21. The van der Waals surface area contributed by atoms with Crippen molar-refractivity contribution in [3.8, 4) is 0 Å². The highest BCUT2D eigenvalue weighted by atomic mass is 79.9. The second-order valence-corrected chi connectivity index (χ2v) is 4.75. The number of halogens is 3. The molecule has 0 heterocycles. The van der Waals surface area contributed by atoms with Crippen LogP contribution in [0.5, 0.6) is 0 Å². The number of nitrogens with one attached hydrogen (secondary N) is 1. The molecule has 1 unspecified atom stereocenters. The molecule has 1 aromatic carbocycles. The Hall–Kier alpha value is -0.560. The third kappa shape index (κ3) is 4.61. The van der Waals surface area contributed by atoms with E-state index in [-0.39, 0.29) is 23.2 Å². The van der Waals surface area contributed by atoms with E-state index >= 15 is 0 Å². The molecule has 102 valence electrons. The van der Waals surface area contributed by atoms with E-state index in [2.05, 4.69) is 21.2 Å². The summed E-state index contributed by atoms with van der Waals surface area (Å²) in [5.74, 6) is -1.18. The molecule has 18 heavy (non-hydrogen) atoms. The molecule has 1 aromatic rings. The quantitative estimate of drug-likeness (QED) is 0.597. The first-order chi connectivity index (χ1) is 8.56. The topological polar surface area (TPSA) is 41.5 Å². The van der Waals surface area contributed by atoms with Crippen LogP contribution in [0.4, 0.5) is 8.78 Å². The van der Waals surface area contributed by atoms with Gasteiger partial charge in [0.25, 0.3) is 0 Å². The van der Waals surface area contributed by atoms with E-state index in [1.807, 2.05) is 0 Å². The molecular formula is C12H16BrF2NO2. The van der Waals surface area contributed by atoms with E-state index in [9.17, 15) is 13.9 Å². The number of hydrogen-bond acceptors (Lipinski definition) is 3. The van der Waals surface area contributed by atoms with Crippen LogP contribution in [0.2, 0.25) is 0 Å². The van der Waals surface area contributed by atoms with Crippen LogP contribution in [0.3, 0.4) is 0 Å². The molecular weight excluding hydrogens is 308 g/mol. The van der Waals surface area contributed by atoms with Gasteiger partial charge in [0.05, 0.1) is 17.2 Å². The van der Waals surface area contributed by atoms with E-state index in [4.69, 9.17) is 4.74 Å². The Balaban J connectivity index is 2.42. The summed E-state index contributed by atoms with van der Waals surface area (Å²) in [6.45, 7) is 0.786. The molecule has 0 amide bonds. The Labute approximate surface area is 113 Å². The van der Waals surface area contributed by atoms with Crippen LogP contribution in [-0.2, 0) is 11.3 Å². The zero-order valence-corrected chi connectivity index (χ0v) is 11.6. The molecule has 0 radical (unpaired) electrons. The van der Waals surface area contributed by atoms with E-state index < -0.39 is 17.7 Å². The average Bonchev–Trinajstić information content (AvgIpc) is 2.33. The van der Waals surface area contributed by atoms with Crippen molar-refractivity contribution in [1.29, 1.82) is 0 Å². The van der Waals surface area contributed by atoms with Crippen molar-refractivity contribution in [1.82, 2.24) is 5.32 Å². The number of ether oxygens (including phenoxy) is 1. The van der Waals surface area contributed by atoms with Gasteiger partial charge in [-0.15, -0.1) is 0 Å². The lowest BCUT2D eigenvalue weighted by atomic mass is 10.2. The number of aliphatic hydroxyl groups excluding tert-OH is 1. The molecule has 0 fully saturated rings. The molecule has 3 nitrogen and oxygen atoms in total. The zero-order chi connectivity index (χ0) is 13.5. The fourth-order valence-corrected chi connectivity index (χ4v) is 1.86. The minimum absolute atomic E-state index is 0.00870. The van der Waals surface area contributed by atoms with Crippen molar-refractivity contribution in [3.05, 3.63) is 33.8 Å². The zero-order valence-electron chi connectivity index (χ0n) is 10.0. The highest BCUT2D eigenvalue weighted by Crippen LogP contribution is 2.21. The summed E-state index contributed by atoms with van der Waals surface area (Å²) in [6, 6.07) is 2.54. The van der Waals surface area contributed by atoms with Crippen LogP contribution >= 0.6 is 15.9 Å². The Morgan fingerprint density at radius 3 is 2.83 bits per heavy atom. The molecule has 0 saturated heterocycles. The molecule has 2 N–H and O–H groups in total. The van der Waals surface area contributed by atoms with Crippen LogP contribution in [0.1, 0.15) is 12.0 Å².